The number of fused-ring (bicyclic) bond motifs is 1. The van der Waals surface area contributed by atoms with Crippen LogP contribution in [0.3, 0.4) is 0 Å². The molecule has 0 heterocycles. The molecule has 0 aromatic heterocycles. The number of hydrogen-bond donors (Lipinski definition) is 0. The summed E-state index contributed by atoms with van der Waals surface area (Å²) < 4.78 is 0. The Labute approximate surface area is 183 Å². The summed E-state index contributed by atoms with van der Waals surface area (Å²) in [7, 11) is 0. The molecular weight excluding hydrogens is 348 g/mol. The maximum atomic E-state index is 4.32. The van der Waals surface area contributed by atoms with Crippen molar-refractivity contribution in [3.63, 3.8) is 0 Å². The second-order valence-corrected chi connectivity index (χ2v) is 10.6. The predicted molar refractivity (Wildman–Crippen MR) is 131 cm³/mol. The molecule has 0 radical (unpaired) electrons. The van der Waals surface area contributed by atoms with E-state index in [0.29, 0.717) is 5.41 Å². The van der Waals surface area contributed by atoms with Crippen LogP contribution in [-0.2, 0) is 0 Å². The first-order chi connectivity index (χ1) is 13.9. The third kappa shape index (κ3) is 6.11. The van der Waals surface area contributed by atoms with Crippen molar-refractivity contribution in [1.29, 1.82) is 0 Å². The molecular formula is C29H50. The minimum Gasteiger partial charge on any atom is -0.0956 e. The van der Waals surface area contributed by atoms with E-state index in [-0.39, 0.29) is 0 Å². The molecule has 3 aliphatic rings. The first-order valence-corrected chi connectivity index (χ1v) is 13.0. The van der Waals surface area contributed by atoms with Crippen molar-refractivity contribution in [3.8, 4) is 0 Å². The van der Waals surface area contributed by atoms with Crippen LogP contribution in [0.25, 0.3) is 0 Å². The van der Waals surface area contributed by atoms with E-state index in [4.69, 9.17) is 0 Å². The Kier molecular flexibility index (Phi) is 9.77. The summed E-state index contributed by atoms with van der Waals surface area (Å²) in [5, 5.41) is 0. The lowest BCUT2D eigenvalue weighted by molar-refractivity contribution is 0.0929. The Morgan fingerprint density at radius 1 is 0.966 bits per heavy atom. The third-order valence-corrected chi connectivity index (χ3v) is 8.29. The van der Waals surface area contributed by atoms with E-state index in [1.54, 1.807) is 5.57 Å². The van der Waals surface area contributed by atoms with Gasteiger partial charge < -0.3 is 0 Å². The Balaban J connectivity index is 0.00000145. The topological polar surface area (TPSA) is 0 Å². The molecule has 3 fully saturated rings. The van der Waals surface area contributed by atoms with Gasteiger partial charge in [0.05, 0.1) is 0 Å². The van der Waals surface area contributed by atoms with Gasteiger partial charge in [0.15, 0.2) is 0 Å². The number of allylic oxidation sites excluding steroid dienone is 5. The highest BCUT2D eigenvalue weighted by Gasteiger charge is 2.50. The van der Waals surface area contributed by atoms with Crippen LogP contribution in [0.15, 0.2) is 35.5 Å². The fourth-order valence-corrected chi connectivity index (χ4v) is 6.66. The van der Waals surface area contributed by atoms with Crippen LogP contribution in [0.5, 0.6) is 0 Å². The second-order valence-electron chi connectivity index (χ2n) is 10.6. The molecule has 3 unspecified atom stereocenters. The monoisotopic (exact) mass is 398 g/mol. The van der Waals surface area contributed by atoms with E-state index in [1.165, 1.54) is 88.2 Å². The summed E-state index contributed by atoms with van der Waals surface area (Å²) in [4.78, 5) is 0. The van der Waals surface area contributed by atoms with E-state index in [9.17, 15) is 0 Å². The first-order valence-electron chi connectivity index (χ1n) is 13.0. The van der Waals surface area contributed by atoms with Crippen LogP contribution in [0.4, 0.5) is 0 Å². The molecule has 0 nitrogen and oxygen atoms in total. The summed E-state index contributed by atoms with van der Waals surface area (Å²) >= 11 is 0. The van der Waals surface area contributed by atoms with Crippen LogP contribution < -0.4 is 0 Å². The zero-order valence-electron chi connectivity index (χ0n) is 20.7. The molecule has 0 heteroatoms. The third-order valence-electron chi connectivity index (χ3n) is 8.29. The minimum atomic E-state index is 0.559. The summed E-state index contributed by atoms with van der Waals surface area (Å²) in [5.41, 5.74) is 5.27. The maximum Gasteiger partial charge on any atom is -0.0143 e. The fraction of sp³-hybridized carbons (Fsp3) is 0.793. The molecule has 0 spiro atoms. The molecule has 0 aromatic rings. The molecule has 0 amide bonds. The van der Waals surface area contributed by atoms with Crippen molar-refractivity contribution in [1.82, 2.24) is 0 Å². The normalized spacial score (nSPS) is 33.6. The average molecular weight is 399 g/mol. The Morgan fingerprint density at radius 2 is 1.69 bits per heavy atom. The zero-order chi connectivity index (χ0) is 21.4. The zero-order valence-corrected chi connectivity index (χ0v) is 20.7. The van der Waals surface area contributed by atoms with E-state index < -0.39 is 0 Å². The van der Waals surface area contributed by atoms with Gasteiger partial charge in [-0.1, -0.05) is 90.7 Å². The standard InChI is InChI=1S/C27H44.C2H6/c1-20(2)10-8-12-22(4)25-17-18-26-24(14-9-19-27(25,26)5)16-15-23-13-7-6-11-21(23)3;1-2/h15-16,20,22,25-26H,3,6-14,17-19H2,1-2,4-5H3;1-2H3/b23-15-,24-16+;/t22-,25?,26?,27?;/m1./s1. The molecule has 166 valence electrons. The van der Waals surface area contributed by atoms with Crippen LogP contribution in [0.2, 0.25) is 0 Å². The highest BCUT2D eigenvalue weighted by atomic mass is 14.5. The van der Waals surface area contributed by atoms with E-state index in [2.05, 4.69) is 46.4 Å². The highest BCUT2D eigenvalue weighted by molar-refractivity contribution is 5.35. The van der Waals surface area contributed by atoms with Crippen molar-refractivity contribution < 1.29 is 0 Å². The van der Waals surface area contributed by atoms with Gasteiger partial charge in [0, 0.05) is 0 Å². The van der Waals surface area contributed by atoms with E-state index in [0.717, 1.165) is 23.7 Å². The quantitative estimate of drug-likeness (QED) is 0.417. The van der Waals surface area contributed by atoms with E-state index >= 15 is 0 Å². The van der Waals surface area contributed by atoms with Crippen molar-refractivity contribution in [3.05, 3.63) is 35.5 Å². The lowest BCUT2D eigenvalue weighted by atomic mass is 9.60. The molecule has 0 N–H and O–H groups in total. The highest BCUT2D eigenvalue weighted by Crippen LogP contribution is 2.59. The lowest BCUT2D eigenvalue weighted by Crippen LogP contribution is -2.36. The molecule has 0 aromatic carbocycles. The van der Waals surface area contributed by atoms with Crippen molar-refractivity contribution in [2.45, 2.75) is 119 Å². The van der Waals surface area contributed by atoms with Gasteiger partial charge in [-0.3, -0.25) is 0 Å². The Hall–Kier alpha value is -0.780. The van der Waals surface area contributed by atoms with Gasteiger partial charge in [-0.15, -0.1) is 0 Å². The van der Waals surface area contributed by atoms with Crippen LogP contribution in [0, 0.1) is 29.1 Å². The Morgan fingerprint density at radius 3 is 2.38 bits per heavy atom. The SMILES string of the molecule is C=C1CCCC/C1=C/C=C1\CCCC2(C)C1CCC2[C@H](C)CCCC(C)C.CC. The van der Waals surface area contributed by atoms with Crippen LogP contribution >= 0.6 is 0 Å². The molecule has 4 atom stereocenters. The Bertz CT molecular complexity index is 575. The molecule has 0 saturated heterocycles. The van der Waals surface area contributed by atoms with Gasteiger partial charge in [-0.05, 0) is 92.4 Å². The van der Waals surface area contributed by atoms with Crippen LogP contribution in [-0.4, -0.2) is 0 Å². The van der Waals surface area contributed by atoms with Gasteiger partial charge in [0.2, 0.25) is 0 Å². The second kappa shape index (κ2) is 11.6. The summed E-state index contributed by atoms with van der Waals surface area (Å²) in [6.45, 7) is 18.3. The maximum absolute atomic E-state index is 4.32. The number of hydrogen-bond acceptors (Lipinski definition) is 0. The van der Waals surface area contributed by atoms with Gasteiger partial charge in [0.1, 0.15) is 0 Å². The van der Waals surface area contributed by atoms with E-state index in [1.807, 2.05) is 13.8 Å². The molecule has 3 saturated carbocycles. The smallest absolute Gasteiger partial charge is 0.0143 e. The van der Waals surface area contributed by atoms with Crippen molar-refractivity contribution in [2.24, 2.45) is 29.1 Å². The van der Waals surface area contributed by atoms with Crippen LogP contribution in [0.1, 0.15) is 119 Å². The minimum absolute atomic E-state index is 0.559. The summed E-state index contributed by atoms with van der Waals surface area (Å²) in [6, 6.07) is 0. The number of rotatable bonds is 6. The van der Waals surface area contributed by atoms with Crippen molar-refractivity contribution >= 4 is 0 Å². The largest absolute Gasteiger partial charge is 0.0956 e. The average Bonchev–Trinajstić information content (AvgIpc) is 3.06. The van der Waals surface area contributed by atoms with Gasteiger partial charge in [-0.25, -0.2) is 0 Å². The summed E-state index contributed by atoms with van der Waals surface area (Å²) in [6.07, 6.45) is 21.5. The predicted octanol–water partition coefficient (Wildman–Crippen LogP) is 9.67. The molecule has 0 aliphatic heterocycles. The fourth-order valence-electron chi connectivity index (χ4n) is 6.66. The van der Waals surface area contributed by atoms with Gasteiger partial charge in [-0.2, -0.15) is 0 Å². The van der Waals surface area contributed by atoms with Gasteiger partial charge in [0.25, 0.3) is 0 Å². The first kappa shape index (κ1) is 24.5. The van der Waals surface area contributed by atoms with Gasteiger partial charge >= 0.3 is 0 Å². The molecule has 3 aliphatic carbocycles. The van der Waals surface area contributed by atoms with Crippen molar-refractivity contribution in [2.75, 3.05) is 0 Å². The molecule has 0 bridgehead atoms. The lowest BCUT2D eigenvalue weighted by Gasteiger charge is -2.44. The molecule has 29 heavy (non-hydrogen) atoms. The molecule has 3 rings (SSSR count). The summed E-state index contributed by atoms with van der Waals surface area (Å²) in [5.74, 6) is 3.54.